The lowest BCUT2D eigenvalue weighted by Gasteiger charge is -2.06. The molecule has 0 fully saturated rings. The first-order valence-electron chi connectivity index (χ1n) is 7.10. The quantitative estimate of drug-likeness (QED) is 0.539. The average molecular weight is 382 g/mol. The number of phenols is 1. The number of nitrogens with zero attached hydrogens (tertiary/aromatic N) is 1. The Kier molecular flexibility index (Phi) is 5.78. The average Bonchev–Trinajstić information content (AvgIpc) is 2.54. The summed E-state index contributed by atoms with van der Waals surface area (Å²) >= 11 is 5.87. The molecule has 0 bridgehead atoms. The third-order valence-electron chi connectivity index (χ3n) is 3.29. The molecular formula is C16H16ClN3O4S. The predicted molar refractivity (Wildman–Crippen MR) is 95.0 cm³/mol. The number of sulfonamides is 1. The number of carbonyl (C=O) groups excluding carboxylic acids is 1. The monoisotopic (exact) mass is 381 g/mol. The molecule has 2 aromatic rings. The largest absolute Gasteiger partial charge is 0.507 e. The van der Waals surface area contributed by atoms with Crippen LogP contribution in [0.1, 0.15) is 18.1 Å². The number of nitrogens with two attached hydrogens (primary N) is 1. The van der Waals surface area contributed by atoms with Gasteiger partial charge >= 0.3 is 0 Å². The third-order valence-corrected chi connectivity index (χ3v) is 4.43. The van der Waals surface area contributed by atoms with Gasteiger partial charge in [0.05, 0.1) is 17.0 Å². The van der Waals surface area contributed by atoms with Crippen molar-refractivity contribution < 1.29 is 18.3 Å². The zero-order valence-electron chi connectivity index (χ0n) is 13.2. The molecule has 0 unspecified atom stereocenters. The van der Waals surface area contributed by atoms with Gasteiger partial charge in [-0.05, 0) is 42.8 Å². The van der Waals surface area contributed by atoms with E-state index >= 15 is 0 Å². The highest BCUT2D eigenvalue weighted by atomic mass is 35.5. The molecule has 2 rings (SSSR count). The maximum absolute atomic E-state index is 12.0. The number of carbonyl (C=O) groups is 1. The van der Waals surface area contributed by atoms with Crippen LogP contribution in [0.4, 0.5) is 0 Å². The summed E-state index contributed by atoms with van der Waals surface area (Å²) in [6, 6.07) is 10.3. The van der Waals surface area contributed by atoms with Crippen molar-refractivity contribution in [3.05, 3.63) is 58.6 Å². The first kappa shape index (κ1) is 18.9. The van der Waals surface area contributed by atoms with Crippen LogP contribution in [-0.4, -0.2) is 25.1 Å². The van der Waals surface area contributed by atoms with E-state index in [0.717, 1.165) is 0 Å². The highest BCUT2D eigenvalue weighted by Gasteiger charge is 2.10. The lowest BCUT2D eigenvalue weighted by molar-refractivity contribution is -0.120. The Bertz CT molecular complexity index is 942. The number of hydrogen-bond donors (Lipinski definition) is 3. The van der Waals surface area contributed by atoms with Gasteiger partial charge in [0.1, 0.15) is 5.75 Å². The number of hydrazone groups is 1. The minimum Gasteiger partial charge on any atom is -0.507 e. The van der Waals surface area contributed by atoms with E-state index < -0.39 is 15.9 Å². The fourth-order valence-electron chi connectivity index (χ4n) is 2.06. The minimum absolute atomic E-state index is 0.0132. The van der Waals surface area contributed by atoms with Crippen molar-refractivity contribution in [3.63, 3.8) is 0 Å². The van der Waals surface area contributed by atoms with Gasteiger partial charge in [0, 0.05) is 10.6 Å². The number of aromatic hydroxyl groups is 1. The molecule has 0 heterocycles. The van der Waals surface area contributed by atoms with Gasteiger partial charge in [0.15, 0.2) is 0 Å². The Hall–Kier alpha value is -2.42. The molecule has 0 aliphatic rings. The smallest absolute Gasteiger partial charge is 0.244 e. The number of nitrogens with one attached hydrogen (secondary N) is 1. The van der Waals surface area contributed by atoms with Crippen molar-refractivity contribution in [2.24, 2.45) is 10.2 Å². The summed E-state index contributed by atoms with van der Waals surface area (Å²) < 4.78 is 22.6. The number of primary sulfonamides is 1. The van der Waals surface area contributed by atoms with Crippen LogP contribution in [0, 0.1) is 0 Å². The van der Waals surface area contributed by atoms with Crippen molar-refractivity contribution in [2.45, 2.75) is 18.2 Å². The normalized spacial score (nSPS) is 12.0. The molecule has 0 spiro atoms. The van der Waals surface area contributed by atoms with Crippen LogP contribution in [-0.2, 0) is 21.2 Å². The van der Waals surface area contributed by atoms with Gasteiger partial charge in [-0.25, -0.2) is 19.0 Å². The highest BCUT2D eigenvalue weighted by molar-refractivity contribution is 7.89. The minimum atomic E-state index is -3.83. The van der Waals surface area contributed by atoms with E-state index in [1.807, 2.05) is 0 Å². The molecule has 0 saturated carbocycles. The van der Waals surface area contributed by atoms with Crippen molar-refractivity contribution in [3.8, 4) is 5.75 Å². The Morgan fingerprint density at radius 3 is 2.68 bits per heavy atom. The van der Waals surface area contributed by atoms with Gasteiger partial charge in [-0.1, -0.05) is 23.7 Å². The van der Waals surface area contributed by atoms with Crippen LogP contribution in [0.3, 0.4) is 0 Å². The predicted octanol–water partition coefficient (Wildman–Crippen LogP) is 1.78. The molecule has 25 heavy (non-hydrogen) atoms. The molecule has 1 amide bonds. The lowest BCUT2D eigenvalue weighted by atomic mass is 10.1. The number of benzene rings is 2. The van der Waals surface area contributed by atoms with Gasteiger partial charge in [-0.2, -0.15) is 5.10 Å². The van der Waals surface area contributed by atoms with Gasteiger partial charge in [-0.15, -0.1) is 0 Å². The van der Waals surface area contributed by atoms with Crippen LogP contribution < -0.4 is 10.6 Å². The second-order valence-corrected chi connectivity index (χ2v) is 7.26. The third kappa shape index (κ3) is 5.28. The number of amides is 1. The zero-order valence-corrected chi connectivity index (χ0v) is 14.8. The summed E-state index contributed by atoms with van der Waals surface area (Å²) in [5, 5.41) is 19.2. The fraction of sp³-hybridized carbons (Fsp3) is 0.125. The maximum Gasteiger partial charge on any atom is 0.244 e. The summed E-state index contributed by atoms with van der Waals surface area (Å²) in [5.74, 6) is -0.465. The van der Waals surface area contributed by atoms with E-state index in [1.165, 1.54) is 36.4 Å². The molecular weight excluding hydrogens is 366 g/mol. The molecule has 7 nitrogen and oxygen atoms in total. The summed E-state index contributed by atoms with van der Waals surface area (Å²) in [6.07, 6.45) is -0.0817. The second kappa shape index (κ2) is 7.64. The summed E-state index contributed by atoms with van der Waals surface area (Å²) in [5.41, 5.74) is 3.58. The maximum atomic E-state index is 12.0. The van der Waals surface area contributed by atoms with Crippen molar-refractivity contribution in [2.75, 3.05) is 0 Å². The van der Waals surface area contributed by atoms with Crippen molar-refractivity contribution >= 4 is 33.2 Å². The van der Waals surface area contributed by atoms with Gasteiger partial charge in [0.25, 0.3) is 0 Å². The van der Waals surface area contributed by atoms with Gasteiger partial charge in [0.2, 0.25) is 15.9 Å². The Balaban J connectivity index is 2.09. The van der Waals surface area contributed by atoms with Crippen LogP contribution in [0.25, 0.3) is 0 Å². The molecule has 132 valence electrons. The fourth-order valence-corrected chi connectivity index (χ4v) is 2.82. The molecule has 0 aliphatic carbocycles. The molecule has 0 aliphatic heterocycles. The van der Waals surface area contributed by atoms with Gasteiger partial charge < -0.3 is 5.11 Å². The lowest BCUT2D eigenvalue weighted by Crippen LogP contribution is -2.21. The van der Waals surface area contributed by atoms with Crippen LogP contribution in [0.15, 0.2) is 52.5 Å². The topological polar surface area (TPSA) is 122 Å². The van der Waals surface area contributed by atoms with E-state index in [0.29, 0.717) is 21.9 Å². The molecule has 0 aromatic heterocycles. The Morgan fingerprint density at radius 1 is 1.28 bits per heavy atom. The second-order valence-electron chi connectivity index (χ2n) is 5.26. The number of phenolic OH excluding ortho intramolecular Hbond substituents is 1. The van der Waals surface area contributed by atoms with Crippen LogP contribution >= 0.6 is 11.6 Å². The molecule has 4 N–H and O–H groups in total. The summed E-state index contributed by atoms with van der Waals surface area (Å²) in [4.78, 5) is 11.9. The molecule has 0 radical (unpaired) electrons. The summed E-state index contributed by atoms with van der Waals surface area (Å²) in [6.45, 7) is 1.60. The highest BCUT2D eigenvalue weighted by Crippen LogP contribution is 2.22. The van der Waals surface area contributed by atoms with E-state index in [-0.39, 0.29) is 17.1 Å². The number of rotatable bonds is 5. The van der Waals surface area contributed by atoms with E-state index in [4.69, 9.17) is 16.7 Å². The van der Waals surface area contributed by atoms with Crippen LogP contribution in [0.5, 0.6) is 5.75 Å². The van der Waals surface area contributed by atoms with E-state index in [2.05, 4.69) is 10.5 Å². The van der Waals surface area contributed by atoms with Crippen molar-refractivity contribution in [1.82, 2.24) is 5.43 Å². The van der Waals surface area contributed by atoms with Gasteiger partial charge in [-0.3, -0.25) is 4.79 Å². The Morgan fingerprint density at radius 2 is 2.00 bits per heavy atom. The molecule has 0 saturated heterocycles. The zero-order chi connectivity index (χ0) is 18.6. The van der Waals surface area contributed by atoms with E-state index in [9.17, 15) is 18.3 Å². The molecule has 0 atom stereocenters. The molecule has 9 heteroatoms. The number of halogens is 1. The van der Waals surface area contributed by atoms with Crippen molar-refractivity contribution in [1.29, 1.82) is 0 Å². The standard InChI is InChI=1S/C16H16ClN3O4S/c1-10(14-9-12(17)5-6-15(14)21)19-20-16(22)8-11-3-2-4-13(7-11)25(18,23)24/h2-7,9,21H,8H2,1H3,(H,20,22)(H2,18,23,24)/b19-10-. The van der Waals surface area contributed by atoms with E-state index in [1.54, 1.807) is 13.0 Å². The Labute approximate surface area is 150 Å². The first-order chi connectivity index (χ1) is 11.7. The summed E-state index contributed by atoms with van der Waals surface area (Å²) in [7, 11) is -3.83. The van der Waals surface area contributed by atoms with Crippen LogP contribution in [0.2, 0.25) is 5.02 Å². The molecule has 2 aromatic carbocycles. The number of hydrogen-bond acceptors (Lipinski definition) is 5. The first-order valence-corrected chi connectivity index (χ1v) is 9.03. The SMILES string of the molecule is C/C(=N/NC(=O)Cc1cccc(S(N)(=O)=O)c1)c1cc(Cl)ccc1O.